The van der Waals surface area contributed by atoms with E-state index in [4.69, 9.17) is 10.2 Å². The Morgan fingerprint density at radius 3 is 2.69 bits per heavy atom. The van der Waals surface area contributed by atoms with Crippen LogP contribution in [0, 0.1) is 6.92 Å². The highest BCUT2D eigenvalue weighted by atomic mass is 16.4. The molecular weight excluding hydrogens is 164 g/mol. The monoisotopic (exact) mass is 180 g/mol. The first-order valence-electron chi connectivity index (χ1n) is 4.66. The Kier molecular flexibility index (Phi) is 1.84. The molecule has 3 nitrogen and oxygen atoms in total. The molecule has 0 atom stereocenters. The van der Waals surface area contributed by atoms with E-state index in [1.54, 1.807) is 0 Å². The van der Waals surface area contributed by atoms with Crippen LogP contribution in [0.15, 0.2) is 16.5 Å². The van der Waals surface area contributed by atoms with E-state index < -0.39 is 0 Å². The second-order valence-corrected chi connectivity index (χ2v) is 4.10. The smallest absolute Gasteiger partial charge is 0.195 e. The third kappa shape index (κ3) is 1.86. The van der Waals surface area contributed by atoms with Crippen LogP contribution in [-0.2, 0) is 0 Å². The molecule has 72 valence electrons. The largest absolute Gasteiger partial charge is 0.446 e. The molecule has 1 heterocycles. The molecule has 2 rings (SSSR count). The zero-order valence-corrected chi connectivity index (χ0v) is 8.21. The minimum Gasteiger partial charge on any atom is -0.446 e. The summed E-state index contributed by atoms with van der Waals surface area (Å²) < 4.78 is 5.49. The molecule has 1 saturated carbocycles. The number of nitrogens with two attached hydrogens (primary N) is 1. The lowest BCUT2D eigenvalue weighted by Crippen LogP contribution is -2.37. The van der Waals surface area contributed by atoms with Gasteiger partial charge in [-0.15, -0.1) is 0 Å². The molecule has 1 fully saturated rings. The molecule has 0 aromatic carbocycles. The standard InChI is InChI=1S/C10H16N2O/c1-8-3-4-9(13-8)12(2)7-10(11)5-6-10/h3-4H,5-7,11H2,1-2H3. The first-order valence-corrected chi connectivity index (χ1v) is 4.66. The minimum absolute atomic E-state index is 0.0510. The number of rotatable bonds is 3. The Morgan fingerprint density at radius 1 is 1.54 bits per heavy atom. The van der Waals surface area contributed by atoms with E-state index in [1.807, 2.05) is 26.1 Å². The summed E-state index contributed by atoms with van der Waals surface area (Å²) in [6.07, 6.45) is 2.27. The van der Waals surface area contributed by atoms with Gasteiger partial charge in [0.25, 0.3) is 0 Å². The van der Waals surface area contributed by atoms with E-state index in [1.165, 1.54) is 0 Å². The fourth-order valence-corrected chi connectivity index (χ4v) is 1.50. The molecule has 0 saturated heterocycles. The fraction of sp³-hybridized carbons (Fsp3) is 0.600. The number of furan rings is 1. The normalized spacial score (nSPS) is 18.7. The van der Waals surface area contributed by atoms with Gasteiger partial charge in [-0.2, -0.15) is 0 Å². The fourth-order valence-electron chi connectivity index (χ4n) is 1.50. The lowest BCUT2D eigenvalue weighted by atomic mass is 10.3. The van der Waals surface area contributed by atoms with Crippen LogP contribution in [-0.4, -0.2) is 19.1 Å². The summed E-state index contributed by atoms with van der Waals surface area (Å²) in [5.74, 6) is 1.86. The van der Waals surface area contributed by atoms with Crippen molar-refractivity contribution in [3.8, 4) is 0 Å². The Bertz CT molecular complexity index is 302. The number of hydrogen-bond donors (Lipinski definition) is 1. The minimum atomic E-state index is 0.0510. The van der Waals surface area contributed by atoms with Crippen LogP contribution >= 0.6 is 0 Å². The van der Waals surface area contributed by atoms with Gasteiger partial charge >= 0.3 is 0 Å². The molecule has 0 amide bonds. The number of hydrogen-bond acceptors (Lipinski definition) is 3. The van der Waals surface area contributed by atoms with Crippen LogP contribution in [0.25, 0.3) is 0 Å². The highest BCUT2D eigenvalue weighted by Gasteiger charge is 2.39. The van der Waals surface area contributed by atoms with Crippen molar-refractivity contribution in [2.45, 2.75) is 25.3 Å². The van der Waals surface area contributed by atoms with Gasteiger partial charge in [0.05, 0.1) is 0 Å². The van der Waals surface area contributed by atoms with E-state index in [9.17, 15) is 0 Å². The topological polar surface area (TPSA) is 42.4 Å². The number of aryl methyl sites for hydroxylation is 1. The van der Waals surface area contributed by atoms with E-state index >= 15 is 0 Å². The Labute approximate surface area is 78.5 Å². The van der Waals surface area contributed by atoms with Crippen LogP contribution in [0.1, 0.15) is 18.6 Å². The molecule has 1 aromatic heterocycles. The molecule has 0 unspecified atom stereocenters. The van der Waals surface area contributed by atoms with Crippen molar-refractivity contribution < 1.29 is 4.42 Å². The SMILES string of the molecule is Cc1ccc(N(C)CC2(N)CC2)o1. The number of anilines is 1. The van der Waals surface area contributed by atoms with Crippen LogP contribution in [0.3, 0.4) is 0 Å². The molecule has 0 spiro atoms. The predicted molar refractivity (Wildman–Crippen MR) is 52.9 cm³/mol. The van der Waals surface area contributed by atoms with Gasteiger partial charge in [-0.05, 0) is 25.8 Å². The average molecular weight is 180 g/mol. The quantitative estimate of drug-likeness (QED) is 0.766. The summed E-state index contributed by atoms with van der Waals surface area (Å²) in [6.45, 7) is 2.84. The van der Waals surface area contributed by atoms with E-state index in [-0.39, 0.29) is 5.54 Å². The summed E-state index contributed by atoms with van der Waals surface area (Å²) in [6, 6.07) is 3.96. The molecule has 2 N–H and O–H groups in total. The molecule has 1 aliphatic carbocycles. The molecule has 1 aliphatic rings. The van der Waals surface area contributed by atoms with Gasteiger partial charge in [-0.1, -0.05) is 0 Å². The third-order valence-electron chi connectivity index (χ3n) is 2.55. The van der Waals surface area contributed by atoms with Crippen molar-refractivity contribution in [2.75, 3.05) is 18.5 Å². The van der Waals surface area contributed by atoms with E-state index in [0.29, 0.717) is 0 Å². The highest BCUT2D eigenvalue weighted by molar-refractivity contribution is 5.36. The van der Waals surface area contributed by atoms with Gasteiger partial charge in [0.2, 0.25) is 0 Å². The van der Waals surface area contributed by atoms with E-state index in [2.05, 4.69) is 4.90 Å². The van der Waals surface area contributed by atoms with Crippen molar-refractivity contribution in [3.63, 3.8) is 0 Å². The van der Waals surface area contributed by atoms with Crippen LogP contribution in [0.5, 0.6) is 0 Å². The lowest BCUT2D eigenvalue weighted by molar-refractivity contribution is 0.514. The summed E-state index contributed by atoms with van der Waals surface area (Å²) in [5, 5.41) is 0. The van der Waals surface area contributed by atoms with Gasteiger partial charge in [-0.3, -0.25) is 0 Å². The van der Waals surface area contributed by atoms with Gasteiger partial charge in [0.15, 0.2) is 5.88 Å². The van der Waals surface area contributed by atoms with Gasteiger partial charge in [0, 0.05) is 25.2 Å². The second kappa shape index (κ2) is 2.77. The van der Waals surface area contributed by atoms with Gasteiger partial charge in [0.1, 0.15) is 5.76 Å². The first kappa shape index (κ1) is 8.63. The Morgan fingerprint density at radius 2 is 2.23 bits per heavy atom. The molecule has 13 heavy (non-hydrogen) atoms. The maximum Gasteiger partial charge on any atom is 0.195 e. The van der Waals surface area contributed by atoms with E-state index in [0.717, 1.165) is 31.0 Å². The Hall–Kier alpha value is -0.960. The molecule has 0 radical (unpaired) electrons. The van der Waals surface area contributed by atoms with Crippen molar-refractivity contribution in [3.05, 3.63) is 17.9 Å². The zero-order valence-electron chi connectivity index (χ0n) is 8.21. The second-order valence-electron chi connectivity index (χ2n) is 4.10. The Balaban J connectivity index is 2.00. The van der Waals surface area contributed by atoms with Gasteiger partial charge in [-0.25, -0.2) is 0 Å². The van der Waals surface area contributed by atoms with Crippen LogP contribution < -0.4 is 10.6 Å². The van der Waals surface area contributed by atoms with Crippen molar-refractivity contribution >= 4 is 5.88 Å². The molecule has 0 aliphatic heterocycles. The number of nitrogens with zero attached hydrogens (tertiary/aromatic N) is 1. The van der Waals surface area contributed by atoms with Crippen LogP contribution in [0.4, 0.5) is 5.88 Å². The molecule has 1 aromatic rings. The molecule has 0 bridgehead atoms. The average Bonchev–Trinajstić information content (AvgIpc) is 2.62. The maximum atomic E-state index is 6.01. The van der Waals surface area contributed by atoms with Crippen molar-refractivity contribution in [1.82, 2.24) is 0 Å². The highest BCUT2D eigenvalue weighted by Crippen LogP contribution is 2.33. The predicted octanol–water partition coefficient (Wildman–Crippen LogP) is 1.52. The summed E-state index contributed by atoms with van der Waals surface area (Å²) in [4.78, 5) is 2.08. The molecule has 3 heteroatoms. The van der Waals surface area contributed by atoms with Crippen molar-refractivity contribution in [2.24, 2.45) is 5.73 Å². The van der Waals surface area contributed by atoms with Crippen molar-refractivity contribution in [1.29, 1.82) is 0 Å². The number of likely N-dealkylation sites (N-methyl/N-ethyl adjacent to an activating group) is 1. The maximum absolute atomic E-state index is 6.01. The third-order valence-corrected chi connectivity index (χ3v) is 2.55. The first-order chi connectivity index (χ1) is 6.09. The van der Waals surface area contributed by atoms with Crippen LogP contribution in [0.2, 0.25) is 0 Å². The van der Waals surface area contributed by atoms with Gasteiger partial charge < -0.3 is 15.1 Å². The summed E-state index contributed by atoms with van der Waals surface area (Å²) >= 11 is 0. The summed E-state index contributed by atoms with van der Waals surface area (Å²) in [5.41, 5.74) is 6.06. The molecular formula is C10H16N2O. The zero-order chi connectivity index (χ0) is 9.47. The lowest BCUT2D eigenvalue weighted by Gasteiger charge is -2.19. The summed E-state index contributed by atoms with van der Waals surface area (Å²) in [7, 11) is 2.02.